The highest BCUT2D eigenvalue weighted by molar-refractivity contribution is 7.92. The fourth-order valence-corrected chi connectivity index (χ4v) is 5.02. The lowest BCUT2D eigenvalue weighted by Crippen LogP contribution is -2.15. The van der Waals surface area contributed by atoms with Crippen LogP contribution in [-0.4, -0.2) is 42.2 Å². The van der Waals surface area contributed by atoms with Gasteiger partial charge in [-0.05, 0) is 62.6 Å². The van der Waals surface area contributed by atoms with E-state index in [0.29, 0.717) is 23.2 Å². The molecule has 0 spiro atoms. The zero-order chi connectivity index (χ0) is 21.3. The molecule has 0 radical (unpaired) electrons. The zero-order valence-corrected chi connectivity index (χ0v) is 17.9. The Bertz CT molecular complexity index is 1280. The molecule has 0 saturated heterocycles. The van der Waals surface area contributed by atoms with E-state index in [0.717, 1.165) is 35.5 Å². The lowest BCUT2D eigenvalue weighted by Gasteiger charge is -2.08. The second-order valence-electron chi connectivity index (χ2n) is 7.66. The molecule has 6 nitrogen and oxygen atoms in total. The molecule has 4 rings (SSSR count). The van der Waals surface area contributed by atoms with Crippen LogP contribution in [-0.2, 0) is 16.3 Å². The van der Waals surface area contributed by atoms with E-state index in [2.05, 4.69) is 15.0 Å². The monoisotopic (exact) mass is 421 g/mol. The lowest BCUT2D eigenvalue weighted by molar-refractivity contribution is 0.0993. The number of benzene rings is 2. The molecule has 0 bridgehead atoms. The summed E-state index contributed by atoms with van der Waals surface area (Å²) in [6, 6.07) is 11.9. The lowest BCUT2D eigenvalue weighted by atomic mass is 10.0. The SMILES string of the molecule is Cc1nc2ccc(C(=O)Cc3cccc(S(=O)(=O)CC4=NCCC4)c3)cc2nc1C. The molecule has 0 amide bonds. The molecule has 2 aromatic carbocycles. The second kappa shape index (κ2) is 8.07. The smallest absolute Gasteiger partial charge is 0.183 e. The van der Waals surface area contributed by atoms with Gasteiger partial charge in [-0.1, -0.05) is 12.1 Å². The molecule has 154 valence electrons. The van der Waals surface area contributed by atoms with Crippen LogP contribution in [0.2, 0.25) is 0 Å². The number of hydrogen-bond acceptors (Lipinski definition) is 6. The van der Waals surface area contributed by atoms with Gasteiger partial charge >= 0.3 is 0 Å². The van der Waals surface area contributed by atoms with Gasteiger partial charge in [0.2, 0.25) is 0 Å². The summed E-state index contributed by atoms with van der Waals surface area (Å²) in [7, 11) is -3.46. The number of sulfone groups is 1. The standard InChI is InChI=1S/C23H23N3O3S/c1-15-16(2)26-22-13-18(8-9-21(22)25-15)23(27)12-17-5-3-7-20(11-17)30(28,29)14-19-6-4-10-24-19/h3,5,7-9,11,13H,4,6,10,12,14H2,1-2H3. The van der Waals surface area contributed by atoms with E-state index in [9.17, 15) is 13.2 Å². The first-order chi connectivity index (χ1) is 14.3. The van der Waals surface area contributed by atoms with Crippen molar-refractivity contribution >= 4 is 32.4 Å². The number of carbonyl (C=O) groups is 1. The highest BCUT2D eigenvalue weighted by Gasteiger charge is 2.20. The van der Waals surface area contributed by atoms with Crippen LogP contribution in [0.15, 0.2) is 52.4 Å². The number of aryl methyl sites for hydroxylation is 2. The van der Waals surface area contributed by atoms with Gasteiger partial charge in [0.05, 0.1) is 33.1 Å². The number of ketones is 1. The molecule has 3 aromatic rings. The summed E-state index contributed by atoms with van der Waals surface area (Å²) in [6.45, 7) is 4.50. The third-order valence-electron chi connectivity index (χ3n) is 5.34. The van der Waals surface area contributed by atoms with Crippen molar-refractivity contribution in [3.8, 4) is 0 Å². The maximum absolute atomic E-state index is 12.8. The van der Waals surface area contributed by atoms with Gasteiger partial charge in [-0.15, -0.1) is 0 Å². The van der Waals surface area contributed by atoms with E-state index in [-0.39, 0.29) is 22.9 Å². The van der Waals surface area contributed by atoms with E-state index in [1.54, 1.807) is 42.5 Å². The average Bonchev–Trinajstić information content (AvgIpc) is 3.21. The van der Waals surface area contributed by atoms with Crippen molar-refractivity contribution in [3.63, 3.8) is 0 Å². The van der Waals surface area contributed by atoms with E-state index < -0.39 is 9.84 Å². The van der Waals surface area contributed by atoms with Crippen LogP contribution in [0, 0.1) is 13.8 Å². The molecule has 0 unspecified atom stereocenters. The van der Waals surface area contributed by atoms with Crippen molar-refractivity contribution in [2.75, 3.05) is 12.3 Å². The van der Waals surface area contributed by atoms with Gasteiger partial charge in [0.1, 0.15) is 0 Å². The van der Waals surface area contributed by atoms with Crippen molar-refractivity contribution in [2.24, 2.45) is 4.99 Å². The van der Waals surface area contributed by atoms with Crippen molar-refractivity contribution in [1.82, 2.24) is 9.97 Å². The summed E-state index contributed by atoms with van der Waals surface area (Å²) < 4.78 is 25.4. The van der Waals surface area contributed by atoms with Crippen LogP contribution in [0.1, 0.15) is 40.2 Å². The molecule has 1 aromatic heterocycles. The molecule has 1 aliphatic heterocycles. The van der Waals surface area contributed by atoms with E-state index in [1.807, 2.05) is 13.8 Å². The Labute approximate surface area is 176 Å². The molecule has 0 fully saturated rings. The second-order valence-corrected chi connectivity index (χ2v) is 9.65. The number of fused-ring (bicyclic) bond motifs is 1. The first-order valence-electron chi connectivity index (χ1n) is 9.94. The van der Waals surface area contributed by atoms with Gasteiger partial charge in [0, 0.05) is 24.2 Å². The Balaban J connectivity index is 1.55. The fraction of sp³-hybridized carbons (Fsp3) is 0.304. The molecule has 7 heteroatoms. The third kappa shape index (κ3) is 4.31. The minimum absolute atomic E-state index is 0.0491. The number of aromatic nitrogens is 2. The molecular weight excluding hydrogens is 398 g/mol. The highest BCUT2D eigenvalue weighted by Crippen LogP contribution is 2.19. The Morgan fingerprint density at radius 3 is 2.50 bits per heavy atom. The normalized spacial score (nSPS) is 14.1. The summed E-state index contributed by atoms with van der Waals surface area (Å²) in [5.41, 5.74) is 5.06. The number of Topliss-reactive ketones (excluding diaryl/α,β-unsaturated/α-hetero) is 1. The number of nitrogens with zero attached hydrogens (tertiary/aromatic N) is 3. The maximum atomic E-state index is 12.8. The van der Waals surface area contributed by atoms with Crippen molar-refractivity contribution in [3.05, 3.63) is 65.0 Å². The van der Waals surface area contributed by atoms with E-state index in [1.165, 1.54) is 0 Å². The summed E-state index contributed by atoms with van der Waals surface area (Å²) in [6.07, 6.45) is 1.77. The van der Waals surface area contributed by atoms with Gasteiger partial charge in [0.15, 0.2) is 15.6 Å². The third-order valence-corrected chi connectivity index (χ3v) is 7.02. The minimum Gasteiger partial charge on any atom is -0.294 e. The molecule has 2 heterocycles. The molecular formula is C23H23N3O3S. The van der Waals surface area contributed by atoms with Gasteiger partial charge in [-0.3, -0.25) is 9.79 Å². The predicted molar refractivity (Wildman–Crippen MR) is 117 cm³/mol. The zero-order valence-electron chi connectivity index (χ0n) is 17.1. The molecule has 30 heavy (non-hydrogen) atoms. The van der Waals surface area contributed by atoms with E-state index in [4.69, 9.17) is 0 Å². The van der Waals surface area contributed by atoms with Crippen LogP contribution in [0.4, 0.5) is 0 Å². The van der Waals surface area contributed by atoms with Crippen molar-refractivity contribution in [2.45, 2.75) is 38.0 Å². The topological polar surface area (TPSA) is 89.3 Å². The molecule has 0 N–H and O–H groups in total. The summed E-state index contributed by atoms with van der Waals surface area (Å²) in [5.74, 6) is -0.140. The summed E-state index contributed by atoms with van der Waals surface area (Å²) in [5, 5.41) is 0. The van der Waals surface area contributed by atoms with Crippen molar-refractivity contribution in [1.29, 1.82) is 0 Å². The van der Waals surface area contributed by atoms with Crippen LogP contribution in [0.25, 0.3) is 11.0 Å². The van der Waals surface area contributed by atoms with Crippen LogP contribution < -0.4 is 0 Å². The Kier molecular flexibility index (Phi) is 5.47. The molecule has 0 aliphatic carbocycles. The molecule has 1 aliphatic rings. The summed E-state index contributed by atoms with van der Waals surface area (Å²) in [4.78, 5) is 26.3. The van der Waals surface area contributed by atoms with Gasteiger partial charge < -0.3 is 0 Å². The van der Waals surface area contributed by atoms with Crippen LogP contribution in [0.5, 0.6) is 0 Å². The Morgan fingerprint density at radius 2 is 1.77 bits per heavy atom. The Morgan fingerprint density at radius 1 is 1.00 bits per heavy atom. The van der Waals surface area contributed by atoms with Gasteiger partial charge in [0.25, 0.3) is 0 Å². The summed E-state index contributed by atoms with van der Waals surface area (Å²) >= 11 is 0. The largest absolute Gasteiger partial charge is 0.294 e. The van der Waals surface area contributed by atoms with Crippen molar-refractivity contribution < 1.29 is 13.2 Å². The fourth-order valence-electron chi connectivity index (χ4n) is 3.56. The van der Waals surface area contributed by atoms with Crippen LogP contribution >= 0.6 is 0 Å². The quantitative estimate of drug-likeness (QED) is 0.567. The van der Waals surface area contributed by atoms with Crippen LogP contribution in [0.3, 0.4) is 0 Å². The first-order valence-corrected chi connectivity index (χ1v) is 11.6. The number of carbonyl (C=O) groups excluding carboxylic acids is 1. The maximum Gasteiger partial charge on any atom is 0.183 e. The highest BCUT2D eigenvalue weighted by atomic mass is 32.2. The number of hydrogen-bond donors (Lipinski definition) is 0. The van der Waals surface area contributed by atoms with E-state index >= 15 is 0 Å². The van der Waals surface area contributed by atoms with Gasteiger partial charge in [-0.2, -0.15) is 0 Å². The Hall–Kier alpha value is -2.93. The first kappa shape index (κ1) is 20.3. The molecule has 0 atom stereocenters. The number of aliphatic imine (C=N–C) groups is 1. The predicted octanol–water partition coefficient (Wildman–Crippen LogP) is 3.68. The minimum atomic E-state index is -3.46. The average molecular weight is 422 g/mol. The number of rotatable bonds is 6. The van der Waals surface area contributed by atoms with Gasteiger partial charge in [-0.25, -0.2) is 18.4 Å². The molecule has 0 saturated carbocycles.